The van der Waals surface area contributed by atoms with E-state index in [2.05, 4.69) is 43.7 Å². The van der Waals surface area contributed by atoms with Crippen molar-refractivity contribution in [3.8, 4) is 11.4 Å². The zero-order valence-corrected chi connectivity index (χ0v) is 21.8. The fraction of sp³-hybridized carbons (Fsp3) is 0.481. The molecule has 8 heteroatoms. The summed E-state index contributed by atoms with van der Waals surface area (Å²) in [6, 6.07) is 11.4. The summed E-state index contributed by atoms with van der Waals surface area (Å²) in [4.78, 5) is 19.9. The molecule has 0 aliphatic carbocycles. The van der Waals surface area contributed by atoms with Crippen LogP contribution in [-0.4, -0.2) is 69.6 Å². The van der Waals surface area contributed by atoms with Crippen LogP contribution in [0.25, 0.3) is 11.4 Å². The number of imidazole rings is 1. The van der Waals surface area contributed by atoms with Gasteiger partial charge in [-0.3, -0.25) is 9.80 Å². The predicted octanol–water partition coefficient (Wildman–Crippen LogP) is 5.73. The van der Waals surface area contributed by atoms with Gasteiger partial charge in [0.25, 0.3) is 0 Å². The second-order valence-electron chi connectivity index (χ2n) is 9.73. The third-order valence-electron chi connectivity index (χ3n) is 7.39. The van der Waals surface area contributed by atoms with Crippen LogP contribution in [0.1, 0.15) is 38.2 Å². The van der Waals surface area contributed by atoms with Crippen molar-refractivity contribution in [1.29, 1.82) is 0 Å². The summed E-state index contributed by atoms with van der Waals surface area (Å²) in [5.41, 5.74) is 2.26. The van der Waals surface area contributed by atoms with E-state index in [-0.39, 0.29) is 0 Å². The number of nitrogens with zero attached hydrogens (tertiary/aromatic N) is 5. The summed E-state index contributed by atoms with van der Waals surface area (Å²) in [5, 5.41) is 1.50. The molecule has 0 amide bonds. The molecule has 0 radical (unpaired) electrons. The van der Waals surface area contributed by atoms with Gasteiger partial charge in [-0.05, 0) is 56.1 Å². The average Bonchev–Trinajstić information content (AvgIpc) is 3.41. The van der Waals surface area contributed by atoms with Gasteiger partial charge in [0.2, 0.25) is 0 Å². The van der Waals surface area contributed by atoms with E-state index in [1.165, 1.54) is 31.2 Å². The number of benzene rings is 1. The van der Waals surface area contributed by atoms with E-state index in [4.69, 9.17) is 28.2 Å². The van der Waals surface area contributed by atoms with Gasteiger partial charge >= 0.3 is 0 Å². The average molecular weight is 514 g/mol. The Kier molecular flexibility index (Phi) is 7.93. The Morgan fingerprint density at radius 2 is 1.83 bits per heavy atom. The number of nitrogens with one attached hydrogen (secondary N) is 1. The largest absolute Gasteiger partial charge is 0.353 e. The van der Waals surface area contributed by atoms with Crippen molar-refractivity contribution < 1.29 is 0 Å². The van der Waals surface area contributed by atoms with Gasteiger partial charge in [-0.1, -0.05) is 48.7 Å². The zero-order chi connectivity index (χ0) is 24.2. The minimum absolute atomic E-state index is 0.532. The lowest BCUT2D eigenvalue weighted by Gasteiger charge is -2.48. The van der Waals surface area contributed by atoms with Gasteiger partial charge in [-0.2, -0.15) is 0 Å². The summed E-state index contributed by atoms with van der Waals surface area (Å²) < 4.78 is 0. The molecule has 5 rings (SSSR count). The highest BCUT2D eigenvalue weighted by Gasteiger charge is 2.34. The molecule has 2 fully saturated rings. The summed E-state index contributed by atoms with van der Waals surface area (Å²) in [6.45, 7) is 8.58. The Morgan fingerprint density at radius 3 is 2.51 bits per heavy atom. The SMILES string of the molecule is CCC[C@H]1CN(c2ncc(-c3ncc[nH]3)cc2Cl)CCN1C1CCN(Cc2ccc(Cl)cc2)CC1. The number of H-pyrrole nitrogens is 1. The second-order valence-corrected chi connectivity index (χ2v) is 10.6. The molecule has 3 aromatic rings. The Hall–Kier alpha value is -2.12. The molecule has 0 bridgehead atoms. The van der Waals surface area contributed by atoms with Crippen LogP contribution in [0, 0.1) is 0 Å². The van der Waals surface area contributed by atoms with Crippen molar-refractivity contribution >= 4 is 29.0 Å². The van der Waals surface area contributed by atoms with E-state index < -0.39 is 0 Å². The van der Waals surface area contributed by atoms with Gasteiger partial charge in [-0.15, -0.1) is 0 Å². The van der Waals surface area contributed by atoms with Crippen LogP contribution in [0.4, 0.5) is 5.82 Å². The predicted molar refractivity (Wildman–Crippen MR) is 144 cm³/mol. The third-order valence-corrected chi connectivity index (χ3v) is 7.92. The number of likely N-dealkylation sites (tertiary alicyclic amines) is 1. The molecule has 1 atom stereocenters. The van der Waals surface area contributed by atoms with E-state index in [1.54, 1.807) is 6.20 Å². The zero-order valence-electron chi connectivity index (χ0n) is 20.3. The smallest absolute Gasteiger partial charge is 0.147 e. The van der Waals surface area contributed by atoms with E-state index in [9.17, 15) is 0 Å². The van der Waals surface area contributed by atoms with Crippen LogP contribution in [0.3, 0.4) is 0 Å². The quantitative estimate of drug-likeness (QED) is 0.437. The number of anilines is 1. The molecule has 2 saturated heterocycles. The molecule has 0 saturated carbocycles. The number of pyridine rings is 1. The first kappa shape index (κ1) is 24.6. The standard InChI is InChI=1S/C27H34Cl2N6/c1-2-3-24-19-34(27-25(29)16-21(17-32-27)26-30-10-11-31-26)14-15-35(24)23-8-12-33(13-9-23)18-20-4-6-22(28)7-5-20/h4-7,10-11,16-17,23-24H,2-3,8-9,12-15,18-19H2,1H3,(H,30,31)/t24-/m0/s1. The van der Waals surface area contributed by atoms with Gasteiger partial charge < -0.3 is 9.88 Å². The molecule has 6 nitrogen and oxygen atoms in total. The van der Waals surface area contributed by atoms with Crippen LogP contribution >= 0.6 is 23.2 Å². The summed E-state index contributed by atoms with van der Waals surface area (Å²) in [5.74, 6) is 1.68. The normalized spacial score (nSPS) is 20.4. The van der Waals surface area contributed by atoms with E-state index in [1.807, 2.05) is 30.6 Å². The lowest BCUT2D eigenvalue weighted by Crippen LogP contribution is -2.58. The van der Waals surface area contributed by atoms with Gasteiger partial charge in [-0.25, -0.2) is 9.97 Å². The number of aromatic nitrogens is 3. The van der Waals surface area contributed by atoms with E-state index in [0.29, 0.717) is 17.1 Å². The Balaban J connectivity index is 1.20. The highest BCUT2D eigenvalue weighted by molar-refractivity contribution is 6.33. The van der Waals surface area contributed by atoms with E-state index >= 15 is 0 Å². The van der Waals surface area contributed by atoms with Crippen molar-refractivity contribution in [2.45, 2.75) is 51.2 Å². The lowest BCUT2D eigenvalue weighted by molar-refractivity contribution is 0.0589. The molecular formula is C27H34Cl2N6. The summed E-state index contributed by atoms with van der Waals surface area (Å²) in [7, 11) is 0. The highest BCUT2D eigenvalue weighted by Crippen LogP contribution is 2.31. The molecule has 0 unspecified atom stereocenters. The molecule has 1 N–H and O–H groups in total. The van der Waals surface area contributed by atoms with Crippen molar-refractivity contribution in [3.63, 3.8) is 0 Å². The fourth-order valence-electron chi connectivity index (χ4n) is 5.61. The lowest BCUT2D eigenvalue weighted by atomic mass is 9.97. The maximum atomic E-state index is 6.71. The summed E-state index contributed by atoms with van der Waals surface area (Å²) >= 11 is 12.8. The molecule has 2 aliphatic heterocycles. The fourth-order valence-corrected chi connectivity index (χ4v) is 6.02. The molecule has 186 valence electrons. The van der Waals surface area contributed by atoms with Gasteiger partial charge in [0, 0.05) is 67.4 Å². The van der Waals surface area contributed by atoms with Crippen molar-refractivity contribution in [1.82, 2.24) is 24.8 Å². The Labute approximate surface area is 218 Å². The molecule has 2 aromatic heterocycles. The number of halogens is 2. The number of aromatic amines is 1. The first-order chi connectivity index (χ1) is 17.1. The number of hydrogen-bond donors (Lipinski definition) is 1. The van der Waals surface area contributed by atoms with Crippen molar-refractivity contribution in [2.24, 2.45) is 0 Å². The molecule has 1 aromatic carbocycles. The maximum absolute atomic E-state index is 6.71. The Morgan fingerprint density at radius 1 is 1.03 bits per heavy atom. The van der Waals surface area contributed by atoms with Crippen LogP contribution in [0.5, 0.6) is 0 Å². The molecule has 4 heterocycles. The van der Waals surface area contributed by atoms with Gasteiger partial charge in [0.05, 0.1) is 5.02 Å². The van der Waals surface area contributed by atoms with Crippen LogP contribution in [0.2, 0.25) is 10.0 Å². The highest BCUT2D eigenvalue weighted by atomic mass is 35.5. The van der Waals surface area contributed by atoms with Crippen LogP contribution in [0.15, 0.2) is 48.9 Å². The second kappa shape index (κ2) is 11.3. The minimum Gasteiger partial charge on any atom is -0.353 e. The summed E-state index contributed by atoms with van der Waals surface area (Å²) in [6.07, 6.45) is 10.3. The monoisotopic (exact) mass is 512 g/mol. The number of hydrogen-bond acceptors (Lipinski definition) is 5. The van der Waals surface area contributed by atoms with Crippen molar-refractivity contribution in [2.75, 3.05) is 37.6 Å². The third kappa shape index (κ3) is 5.83. The first-order valence-corrected chi connectivity index (χ1v) is 13.5. The first-order valence-electron chi connectivity index (χ1n) is 12.7. The topological polar surface area (TPSA) is 51.3 Å². The van der Waals surface area contributed by atoms with Crippen LogP contribution < -0.4 is 4.90 Å². The van der Waals surface area contributed by atoms with E-state index in [0.717, 1.165) is 61.5 Å². The number of piperidine rings is 1. The number of rotatable bonds is 7. The maximum Gasteiger partial charge on any atom is 0.147 e. The van der Waals surface area contributed by atoms with Crippen LogP contribution in [-0.2, 0) is 6.54 Å². The molecule has 2 aliphatic rings. The minimum atomic E-state index is 0.532. The molecular weight excluding hydrogens is 479 g/mol. The van der Waals surface area contributed by atoms with Crippen molar-refractivity contribution in [3.05, 3.63) is 64.5 Å². The van der Waals surface area contributed by atoms with Gasteiger partial charge in [0.15, 0.2) is 0 Å². The molecule has 35 heavy (non-hydrogen) atoms. The Bertz CT molecular complexity index is 1080. The number of piperazine rings is 1. The molecule has 0 spiro atoms. The van der Waals surface area contributed by atoms with Gasteiger partial charge in [0.1, 0.15) is 11.6 Å².